The Balaban J connectivity index is 1.79. The number of aromatic nitrogens is 1. The first-order chi connectivity index (χ1) is 11.1. The van der Waals surface area contributed by atoms with E-state index >= 15 is 0 Å². The molecule has 1 aliphatic heterocycles. The number of carbonyl (C=O) groups is 2. The summed E-state index contributed by atoms with van der Waals surface area (Å²) in [6.07, 6.45) is 2.04. The minimum atomic E-state index is -0.492. The van der Waals surface area contributed by atoms with Gasteiger partial charge in [-0.2, -0.15) is 0 Å². The minimum absolute atomic E-state index is 0.101. The Labute approximate surface area is 141 Å². The molecule has 2 aromatic heterocycles. The standard InChI is InChI=1S/C17H14N2O2S2/c1-18-15(16(20)23-17(18)21)13-5-2-6-14-12(13)7-8-19(14)10-11-4-3-9-22-11/h2-9,15H,10H2,1H3. The van der Waals surface area contributed by atoms with Crippen LogP contribution in [0, 0.1) is 0 Å². The van der Waals surface area contributed by atoms with E-state index in [2.05, 4.69) is 22.1 Å². The Morgan fingerprint density at radius 2 is 2.00 bits per heavy atom. The lowest BCUT2D eigenvalue weighted by Gasteiger charge is -2.18. The summed E-state index contributed by atoms with van der Waals surface area (Å²) < 4.78 is 2.18. The van der Waals surface area contributed by atoms with Crippen LogP contribution in [0.25, 0.3) is 10.9 Å². The second kappa shape index (κ2) is 5.54. The number of carbonyl (C=O) groups excluding carboxylic acids is 2. The summed E-state index contributed by atoms with van der Waals surface area (Å²) >= 11 is 2.52. The van der Waals surface area contributed by atoms with Crippen molar-refractivity contribution in [3.8, 4) is 0 Å². The molecular weight excluding hydrogens is 328 g/mol. The lowest BCUT2D eigenvalue weighted by molar-refractivity contribution is -0.113. The van der Waals surface area contributed by atoms with Crippen LogP contribution in [0.1, 0.15) is 16.5 Å². The van der Waals surface area contributed by atoms with Crippen molar-refractivity contribution < 1.29 is 9.59 Å². The van der Waals surface area contributed by atoms with Crippen molar-refractivity contribution in [2.45, 2.75) is 12.6 Å². The number of thioether (sulfide) groups is 1. The van der Waals surface area contributed by atoms with Gasteiger partial charge in [-0.05, 0) is 29.1 Å². The van der Waals surface area contributed by atoms with Crippen molar-refractivity contribution in [2.75, 3.05) is 7.05 Å². The summed E-state index contributed by atoms with van der Waals surface area (Å²) in [7, 11) is 1.69. The van der Waals surface area contributed by atoms with Gasteiger partial charge >= 0.3 is 0 Å². The predicted molar refractivity (Wildman–Crippen MR) is 93.9 cm³/mol. The summed E-state index contributed by atoms with van der Waals surface area (Å²) in [6.45, 7) is 0.812. The van der Waals surface area contributed by atoms with Crippen molar-refractivity contribution >= 4 is 44.4 Å². The number of nitrogens with zero attached hydrogens (tertiary/aromatic N) is 2. The monoisotopic (exact) mass is 342 g/mol. The van der Waals surface area contributed by atoms with E-state index < -0.39 is 6.04 Å². The van der Waals surface area contributed by atoms with Crippen LogP contribution in [0.15, 0.2) is 48.0 Å². The first-order valence-electron chi connectivity index (χ1n) is 7.24. The Morgan fingerprint density at radius 1 is 1.13 bits per heavy atom. The fraction of sp³-hybridized carbons (Fsp3) is 0.176. The van der Waals surface area contributed by atoms with Crippen LogP contribution in [-0.2, 0) is 11.3 Å². The molecule has 1 aliphatic rings. The van der Waals surface area contributed by atoms with Gasteiger partial charge in [-0.25, -0.2) is 0 Å². The number of benzene rings is 1. The van der Waals surface area contributed by atoms with Crippen LogP contribution in [-0.4, -0.2) is 26.9 Å². The number of hydrogen-bond donors (Lipinski definition) is 0. The Bertz CT molecular complexity index is 899. The van der Waals surface area contributed by atoms with Crippen molar-refractivity contribution in [3.05, 3.63) is 58.4 Å². The molecule has 1 fully saturated rings. The van der Waals surface area contributed by atoms with Gasteiger partial charge in [0.2, 0.25) is 5.12 Å². The molecule has 0 N–H and O–H groups in total. The molecule has 0 bridgehead atoms. The van der Waals surface area contributed by atoms with E-state index in [1.807, 2.05) is 30.5 Å². The molecule has 0 aliphatic carbocycles. The summed E-state index contributed by atoms with van der Waals surface area (Å²) in [5.74, 6) is 0. The van der Waals surface area contributed by atoms with E-state index in [4.69, 9.17) is 0 Å². The zero-order valence-electron chi connectivity index (χ0n) is 12.4. The molecule has 1 unspecified atom stereocenters. The summed E-state index contributed by atoms with van der Waals surface area (Å²) in [5.41, 5.74) is 1.99. The molecule has 0 radical (unpaired) electrons. The number of thiophene rings is 1. The first-order valence-corrected chi connectivity index (χ1v) is 8.93. The zero-order valence-corrected chi connectivity index (χ0v) is 14.1. The SMILES string of the molecule is CN1C(=O)SC(=O)C1c1cccc2c1ccn2Cc1cccs1. The highest BCUT2D eigenvalue weighted by Crippen LogP contribution is 2.38. The third-order valence-electron chi connectivity index (χ3n) is 4.13. The van der Waals surface area contributed by atoms with E-state index in [1.165, 1.54) is 9.78 Å². The van der Waals surface area contributed by atoms with E-state index in [0.717, 1.165) is 34.8 Å². The zero-order chi connectivity index (χ0) is 16.0. The van der Waals surface area contributed by atoms with Gasteiger partial charge in [-0.3, -0.25) is 9.59 Å². The molecule has 0 saturated carbocycles. The van der Waals surface area contributed by atoms with Crippen molar-refractivity contribution in [1.29, 1.82) is 0 Å². The maximum Gasteiger partial charge on any atom is 0.289 e. The molecule has 1 amide bonds. The van der Waals surface area contributed by atoms with E-state index in [0.29, 0.717) is 0 Å². The molecule has 4 nitrogen and oxygen atoms in total. The third-order valence-corrected chi connectivity index (χ3v) is 5.88. The fourth-order valence-electron chi connectivity index (χ4n) is 3.01. The number of rotatable bonds is 3. The van der Waals surface area contributed by atoms with Gasteiger partial charge in [-0.1, -0.05) is 18.2 Å². The molecule has 1 atom stereocenters. The number of hydrogen-bond acceptors (Lipinski definition) is 4. The second-order valence-corrected chi connectivity index (χ2v) is 7.49. The van der Waals surface area contributed by atoms with Gasteiger partial charge in [0.05, 0.1) is 6.54 Å². The maximum atomic E-state index is 12.2. The molecule has 116 valence electrons. The van der Waals surface area contributed by atoms with Crippen LogP contribution in [0.4, 0.5) is 4.79 Å². The van der Waals surface area contributed by atoms with Gasteiger partial charge in [0.1, 0.15) is 6.04 Å². The molecule has 4 rings (SSSR count). The normalized spacial score (nSPS) is 18.3. The Morgan fingerprint density at radius 3 is 2.70 bits per heavy atom. The van der Waals surface area contributed by atoms with Crippen molar-refractivity contribution in [3.63, 3.8) is 0 Å². The minimum Gasteiger partial charge on any atom is -0.342 e. The Kier molecular flexibility index (Phi) is 3.50. The molecule has 6 heteroatoms. The van der Waals surface area contributed by atoms with Gasteiger partial charge in [0.25, 0.3) is 5.24 Å². The lowest BCUT2D eigenvalue weighted by Crippen LogP contribution is -2.23. The number of fused-ring (bicyclic) bond motifs is 1. The highest BCUT2D eigenvalue weighted by Gasteiger charge is 2.39. The number of likely N-dealkylation sites (N-methyl/N-ethyl adjacent to an activating group) is 1. The van der Waals surface area contributed by atoms with Crippen LogP contribution >= 0.6 is 23.1 Å². The molecule has 23 heavy (non-hydrogen) atoms. The molecule has 3 aromatic rings. The molecule has 1 saturated heterocycles. The summed E-state index contributed by atoms with van der Waals surface area (Å²) in [6, 6.07) is 11.7. The molecule has 3 heterocycles. The van der Waals surface area contributed by atoms with E-state index in [9.17, 15) is 9.59 Å². The molecular formula is C17H14N2O2S2. The van der Waals surface area contributed by atoms with Crippen LogP contribution in [0.3, 0.4) is 0 Å². The maximum absolute atomic E-state index is 12.2. The van der Waals surface area contributed by atoms with Crippen LogP contribution in [0.2, 0.25) is 0 Å². The van der Waals surface area contributed by atoms with Crippen LogP contribution in [0.5, 0.6) is 0 Å². The number of amides is 1. The van der Waals surface area contributed by atoms with Gasteiger partial charge in [-0.15, -0.1) is 11.3 Å². The largest absolute Gasteiger partial charge is 0.342 e. The first kappa shape index (κ1) is 14.5. The topological polar surface area (TPSA) is 42.3 Å². The van der Waals surface area contributed by atoms with E-state index in [1.54, 1.807) is 18.4 Å². The quantitative estimate of drug-likeness (QED) is 0.719. The average Bonchev–Trinajstić information content (AvgIpc) is 3.23. The van der Waals surface area contributed by atoms with Gasteiger partial charge in [0.15, 0.2) is 0 Å². The highest BCUT2D eigenvalue weighted by atomic mass is 32.2. The molecule has 1 aromatic carbocycles. The second-order valence-electron chi connectivity index (χ2n) is 5.50. The Hall–Kier alpha value is -2.05. The third kappa shape index (κ3) is 2.38. The fourth-order valence-corrected chi connectivity index (χ4v) is 4.53. The average molecular weight is 342 g/mol. The lowest BCUT2D eigenvalue weighted by atomic mass is 10.0. The highest BCUT2D eigenvalue weighted by molar-refractivity contribution is 8.26. The summed E-state index contributed by atoms with van der Waals surface area (Å²) in [5, 5.41) is 2.82. The predicted octanol–water partition coefficient (Wildman–Crippen LogP) is 4.12. The van der Waals surface area contributed by atoms with Gasteiger partial charge < -0.3 is 9.47 Å². The molecule has 0 spiro atoms. The van der Waals surface area contributed by atoms with Crippen molar-refractivity contribution in [2.24, 2.45) is 0 Å². The van der Waals surface area contributed by atoms with Crippen molar-refractivity contribution in [1.82, 2.24) is 9.47 Å². The summed E-state index contributed by atoms with van der Waals surface area (Å²) in [4.78, 5) is 26.8. The van der Waals surface area contributed by atoms with Crippen LogP contribution < -0.4 is 0 Å². The van der Waals surface area contributed by atoms with Gasteiger partial charge in [0, 0.05) is 40.8 Å². The van der Waals surface area contributed by atoms with E-state index in [-0.39, 0.29) is 10.4 Å². The smallest absolute Gasteiger partial charge is 0.289 e.